The van der Waals surface area contributed by atoms with Crippen LogP contribution in [0.3, 0.4) is 0 Å². The molecule has 1 aliphatic heterocycles. The van der Waals surface area contributed by atoms with E-state index < -0.39 is 29.3 Å². The quantitative estimate of drug-likeness (QED) is 0.364. The molecule has 5 rings (SSSR count). The van der Waals surface area contributed by atoms with Crippen LogP contribution in [0.1, 0.15) is 36.2 Å². The van der Waals surface area contributed by atoms with Gasteiger partial charge in [-0.25, -0.2) is 18.2 Å². The zero-order chi connectivity index (χ0) is 27.1. The highest BCUT2D eigenvalue weighted by Gasteiger charge is 2.27. The minimum atomic E-state index is -3.02. The Kier molecular flexibility index (Phi) is 6.97. The zero-order valence-corrected chi connectivity index (χ0v) is 21.8. The lowest BCUT2D eigenvalue weighted by Crippen LogP contribution is -2.54. The number of fused-ring (bicyclic) bond motifs is 1. The maximum absolute atomic E-state index is 15.6. The molecule has 0 spiro atoms. The molecule has 0 aliphatic carbocycles. The molecular formula is C27H26F3N5O2S. The molecule has 11 heteroatoms. The fraction of sp³-hybridized carbons (Fsp3) is 0.296. The van der Waals surface area contributed by atoms with Crippen molar-refractivity contribution < 1.29 is 18.0 Å². The van der Waals surface area contributed by atoms with E-state index >= 15 is 4.39 Å². The van der Waals surface area contributed by atoms with E-state index in [-0.39, 0.29) is 28.9 Å². The number of alkyl halides is 2. The highest BCUT2D eigenvalue weighted by Crippen LogP contribution is 2.37. The number of aromatic nitrogens is 2. The van der Waals surface area contributed by atoms with Gasteiger partial charge < -0.3 is 20.1 Å². The van der Waals surface area contributed by atoms with Gasteiger partial charge in [-0.15, -0.1) is 11.3 Å². The molecule has 0 bridgehead atoms. The van der Waals surface area contributed by atoms with Crippen molar-refractivity contribution in [3.05, 3.63) is 75.4 Å². The number of hydrogen-bond donors (Lipinski definition) is 2. The molecule has 0 radical (unpaired) electrons. The third-order valence-corrected chi connectivity index (χ3v) is 7.42. The number of anilines is 2. The van der Waals surface area contributed by atoms with Crippen LogP contribution in [0.25, 0.3) is 21.3 Å². The molecule has 2 N–H and O–H groups in total. The van der Waals surface area contributed by atoms with E-state index in [1.165, 1.54) is 30.5 Å². The van der Waals surface area contributed by atoms with Crippen molar-refractivity contribution in [2.24, 2.45) is 7.05 Å². The Hall–Kier alpha value is -3.70. The third kappa shape index (κ3) is 5.03. The number of piperazine rings is 1. The van der Waals surface area contributed by atoms with Gasteiger partial charge in [-0.05, 0) is 43.7 Å². The Bertz CT molecular complexity index is 1570. The summed E-state index contributed by atoms with van der Waals surface area (Å²) in [5.74, 6) is -1.30. The number of nitrogens with one attached hydrogen (secondary N) is 2. The van der Waals surface area contributed by atoms with Gasteiger partial charge in [0.25, 0.3) is 17.9 Å². The highest BCUT2D eigenvalue weighted by atomic mass is 32.1. The summed E-state index contributed by atoms with van der Waals surface area (Å²) in [6.07, 6.45) is -1.93. The molecule has 7 nitrogen and oxygen atoms in total. The summed E-state index contributed by atoms with van der Waals surface area (Å²) in [5, 5.41) is 6.15. The van der Waals surface area contributed by atoms with E-state index in [2.05, 4.69) is 15.6 Å². The molecule has 2 atom stereocenters. The first kappa shape index (κ1) is 25.9. The first-order chi connectivity index (χ1) is 18.1. The van der Waals surface area contributed by atoms with Crippen LogP contribution in [0.15, 0.2) is 52.9 Å². The monoisotopic (exact) mass is 541 g/mol. The number of carbonyl (C=O) groups is 1. The third-order valence-electron chi connectivity index (χ3n) is 6.61. The van der Waals surface area contributed by atoms with Crippen molar-refractivity contribution in [3.8, 4) is 11.1 Å². The summed E-state index contributed by atoms with van der Waals surface area (Å²) in [5.41, 5.74) is 2.32. The van der Waals surface area contributed by atoms with Gasteiger partial charge >= 0.3 is 0 Å². The van der Waals surface area contributed by atoms with Crippen LogP contribution in [-0.4, -0.2) is 40.6 Å². The maximum atomic E-state index is 15.6. The molecule has 2 aromatic heterocycles. The lowest BCUT2D eigenvalue weighted by Gasteiger charge is -2.38. The first-order valence-electron chi connectivity index (χ1n) is 12.1. The van der Waals surface area contributed by atoms with E-state index in [4.69, 9.17) is 0 Å². The Morgan fingerprint density at radius 3 is 2.61 bits per heavy atom. The predicted molar refractivity (Wildman–Crippen MR) is 144 cm³/mol. The van der Waals surface area contributed by atoms with Gasteiger partial charge in [-0.3, -0.25) is 9.59 Å². The second-order valence-corrected chi connectivity index (χ2v) is 10.5. The number of halogens is 3. The smallest absolute Gasteiger partial charge is 0.264 e. The van der Waals surface area contributed by atoms with Crippen molar-refractivity contribution >= 4 is 38.8 Å². The molecule has 1 amide bonds. The Labute approximate surface area is 220 Å². The topological polar surface area (TPSA) is 79.3 Å². The second-order valence-electron chi connectivity index (χ2n) is 9.60. The normalized spacial score (nSPS) is 17.8. The van der Waals surface area contributed by atoms with E-state index in [1.54, 1.807) is 17.6 Å². The molecule has 3 heterocycles. The van der Waals surface area contributed by atoms with Crippen LogP contribution < -0.4 is 21.1 Å². The molecule has 0 unspecified atom stereocenters. The number of rotatable bonds is 5. The zero-order valence-electron chi connectivity index (χ0n) is 21.0. The lowest BCUT2D eigenvalue weighted by atomic mass is 10.0. The van der Waals surface area contributed by atoms with Crippen LogP contribution in [0.5, 0.6) is 0 Å². The SMILES string of the molecule is C[C@@H]1CN(c2cc(F)c(-c3ccc4scnc4c3)cc2NC(=O)c2cn(C)c(=O)cc2C(F)F)C[C@H](C)N1. The van der Waals surface area contributed by atoms with Gasteiger partial charge in [0.1, 0.15) is 5.82 Å². The number of aryl methyl sites for hydroxylation is 1. The van der Waals surface area contributed by atoms with Crippen LogP contribution in [0.2, 0.25) is 0 Å². The first-order valence-corrected chi connectivity index (χ1v) is 13.0. The minimum Gasteiger partial charge on any atom is -0.367 e. The summed E-state index contributed by atoms with van der Waals surface area (Å²) in [6.45, 7) is 5.13. The molecule has 4 aromatic rings. The summed E-state index contributed by atoms with van der Waals surface area (Å²) in [7, 11) is 1.38. The largest absolute Gasteiger partial charge is 0.367 e. The van der Waals surface area contributed by atoms with Gasteiger partial charge in [-0.1, -0.05) is 6.07 Å². The van der Waals surface area contributed by atoms with E-state index in [0.717, 1.165) is 27.0 Å². The average Bonchev–Trinajstić information content (AvgIpc) is 3.33. The number of carbonyl (C=O) groups excluding carboxylic acids is 1. The summed E-state index contributed by atoms with van der Waals surface area (Å²) >= 11 is 1.47. The van der Waals surface area contributed by atoms with Crippen LogP contribution in [0, 0.1) is 5.82 Å². The lowest BCUT2D eigenvalue weighted by molar-refractivity contribution is 0.101. The molecule has 1 saturated heterocycles. The highest BCUT2D eigenvalue weighted by molar-refractivity contribution is 7.16. The second kappa shape index (κ2) is 10.2. The fourth-order valence-corrected chi connectivity index (χ4v) is 5.56. The van der Waals surface area contributed by atoms with E-state index in [1.807, 2.05) is 24.8 Å². The summed E-state index contributed by atoms with van der Waals surface area (Å²) in [4.78, 5) is 31.6. The van der Waals surface area contributed by atoms with Gasteiger partial charge in [0, 0.05) is 55.6 Å². The fourth-order valence-electron chi connectivity index (χ4n) is 4.90. The van der Waals surface area contributed by atoms with Crippen molar-refractivity contribution in [1.29, 1.82) is 0 Å². The van der Waals surface area contributed by atoms with E-state index in [9.17, 15) is 18.4 Å². The molecule has 2 aromatic carbocycles. The molecular weight excluding hydrogens is 515 g/mol. The number of hydrogen-bond acceptors (Lipinski definition) is 6. The van der Waals surface area contributed by atoms with Crippen molar-refractivity contribution in [3.63, 3.8) is 0 Å². The molecule has 38 heavy (non-hydrogen) atoms. The van der Waals surface area contributed by atoms with Crippen LogP contribution in [0.4, 0.5) is 24.5 Å². The number of nitrogens with zero attached hydrogens (tertiary/aromatic N) is 3. The standard InChI is InChI=1S/C27H26F3N5O2S/c1-14-10-35(11-15(2)32-14)23-9-20(28)17(16-4-5-24-22(6-16)31-13-38-24)7-21(23)33-27(37)19-12-34(3)25(36)8-18(19)26(29)30/h4-9,12-15,26,32H,10-11H2,1-3H3,(H,33,37)/t14-,15+. The van der Waals surface area contributed by atoms with Gasteiger partial charge in [0.2, 0.25) is 0 Å². The van der Waals surface area contributed by atoms with Crippen molar-refractivity contribution in [2.45, 2.75) is 32.4 Å². The number of thiazole rings is 1. The van der Waals surface area contributed by atoms with Crippen molar-refractivity contribution in [1.82, 2.24) is 14.9 Å². The maximum Gasteiger partial charge on any atom is 0.264 e. The van der Waals surface area contributed by atoms with Crippen LogP contribution in [-0.2, 0) is 7.05 Å². The van der Waals surface area contributed by atoms with Crippen molar-refractivity contribution in [2.75, 3.05) is 23.3 Å². The Morgan fingerprint density at radius 1 is 1.16 bits per heavy atom. The van der Waals surface area contributed by atoms with Gasteiger partial charge in [0.15, 0.2) is 0 Å². The number of amides is 1. The molecule has 1 aliphatic rings. The number of benzene rings is 2. The molecule has 1 fully saturated rings. The number of pyridine rings is 1. The summed E-state index contributed by atoms with van der Waals surface area (Å²) in [6, 6.07) is 9.27. The Morgan fingerprint density at radius 2 is 1.89 bits per heavy atom. The van der Waals surface area contributed by atoms with Gasteiger partial charge in [-0.2, -0.15) is 0 Å². The molecule has 0 saturated carbocycles. The average molecular weight is 542 g/mol. The van der Waals surface area contributed by atoms with Gasteiger partial charge in [0.05, 0.1) is 32.7 Å². The van der Waals surface area contributed by atoms with E-state index in [0.29, 0.717) is 24.3 Å². The molecule has 198 valence electrons. The Balaban J connectivity index is 1.62. The summed E-state index contributed by atoms with van der Waals surface area (Å²) < 4.78 is 45.1. The minimum absolute atomic E-state index is 0.103. The predicted octanol–water partition coefficient (Wildman–Crippen LogP) is 5.18. The van der Waals surface area contributed by atoms with Crippen LogP contribution >= 0.6 is 11.3 Å².